The van der Waals surface area contributed by atoms with Crippen LogP contribution in [-0.4, -0.2) is 10.9 Å². The molecule has 25 heavy (non-hydrogen) atoms. The number of amides is 1. The van der Waals surface area contributed by atoms with Gasteiger partial charge < -0.3 is 5.32 Å². The van der Waals surface area contributed by atoms with Gasteiger partial charge in [0.15, 0.2) is 0 Å². The van der Waals surface area contributed by atoms with Crippen molar-refractivity contribution < 1.29 is 4.79 Å². The van der Waals surface area contributed by atoms with Gasteiger partial charge in [-0.2, -0.15) is 0 Å². The van der Waals surface area contributed by atoms with Crippen molar-refractivity contribution in [3.63, 3.8) is 0 Å². The fraction of sp³-hybridized carbons (Fsp3) is 0.200. The monoisotopic (exact) mass is 370 g/mol. The van der Waals surface area contributed by atoms with Crippen LogP contribution < -0.4 is 5.32 Å². The maximum atomic E-state index is 12.4. The normalized spacial score (nSPS) is 10.7. The van der Waals surface area contributed by atoms with Crippen molar-refractivity contribution in [2.75, 3.05) is 0 Å². The van der Waals surface area contributed by atoms with E-state index in [0.29, 0.717) is 17.1 Å². The van der Waals surface area contributed by atoms with Crippen LogP contribution in [0.3, 0.4) is 0 Å². The van der Waals surface area contributed by atoms with Crippen LogP contribution in [0.5, 0.6) is 0 Å². The molecule has 0 saturated heterocycles. The van der Waals surface area contributed by atoms with E-state index in [1.54, 1.807) is 11.3 Å². The van der Waals surface area contributed by atoms with Crippen LogP contribution in [0.15, 0.2) is 42.5 Å². The molecule has 0 saturated carbocycles. The molecule has 3 rings (SSSR count). The average Bonchev–Trinajstić information content (AvgIpc) is 2.97. The summed E-state index contributed by atoms with van der Waals surface area (Å²) in [5.41, 5.74) is 4.81. The summed E-state index contributed by atoms with van der Waals surface area (Å²) in [5.74, 6) is -0.0675. The number of nitrogens with one attached hydrogen (secondary N) is 1. The van der Waals surface area contributed by atoms with Gasteiger partial charge in [0.05, 0.1) is 12.2 Å². The number of carbonyl (C=O) groups is 1. The molecule has 1 N–H and O–H groups in total. The van der Waals surface area contributed by atoms with Crippen LogP contribution in [0.2, 0.25) is 5.02 Å². The summed E-state index contributed by atoms with van der Waals surface area (Å²) >= 11 is 7.54. The van der Waals surface area contributed by atoms with E-state index in [1.807, 2.05) is 63.2 Å². The lowest BCUT2D eigenvalue weighted by atomic mass is 10.0. The zero-order chi connectivity index (χ0) is 18.0. The summed E-state index contributed by atoms with van der Waals surface area (Å²) in [6.07, 6.45) is 0. The highest BCUT2D eigenvalue weighted by Crippen LogP contribution is 2.28. The summed E-state index contributed by atoms with van der Waals surface area (Å²) in [5, 5.41) is 4.57. The van der Waals surface area contributed by atoms with Crippen molar-refractivity contribution in [1.29, 1.82) is 0 Å². The lowest BCUT2D eigenvalue weighted by Gasteiger charge is -2.08. The minimum absolute atomic E-state index is 0.0675. The Bertz CT molecular complexity index is 916. The Labute approximate surface area is 156 Å². The van der Waals surface area contributed by atoms with Crippen LogP contribution >= 0.6 is 22.9 Å². The van der Waals surface area contributed by atoms with Gasteiger partial charge in [-0.1, -0.05) is 35.9 Å². The van der Waals surface area contributed by atoms with Crippen molar-refractivity contribution in [2.45, 2.75) is 27.3 Å². The van der Waals surface area contributed by atoms with Crippen molar-refractivity contribution in [3.05, 3.63) is 74.1 Å². The maximum Gasteiger partial charge on any atom is 0.251 e. The molecule has 0 fully saturated rings. The van der Waals surface area contributed by atoms with Crippen molar-refractivity contribution in [1.82, 2.24) is 10.3 Å². The number of aromatic nitrogens is 1. The predicted octanol–water partition coefficient (Wildman–Crippen LogP) is 5.32. The molecule has 0 spiro atoms. The maximum absolute atomic E-state index is 12.4. The van der Waals surface area contributed by atoms with E-state index in [2.05, 4.69) is 10.3 Å². The Balaban J connectivity index is 1.74. The van der Waals surface area contributed by atoms with Gasteiger partial charge in [0.1, 0.15) is 5.01 Å². The molecule has 0 aliphatic heterocycles. The van der Waals surface area contributed by atoms with Gasteiger partial charge in [0, 0.05) is 21.0 Å². The van der Waals surface area contributed by atoms with Crippen LogP contribution in [0, 0.1) is 20.8 Å². The zero-order valence-corrected chi connectivity index (χ0v) is 16.0. The second-order valence-electron chi connectivity index (χ2n) is 5.95. The number of rotatable bonds is 4. The number of benzene rings is 2. The molecular weight excluding hydrogens is 352 g/mol. The first kappa shape index (κ1) is 17.6. The number of hydrogen-bond acceptors (Lipinski definition) is 3. The summed E-state index contributed by atoms with van der Waals surface area (Å²) in [7, 11) is 0. The first-order valence-corrected chi connectivity index (χ1v) is 9.22. The third-order valence-corrected chi connectivity index (χ3v) is 5.43. The molecule has 0 bridgehead atoms. The molecule has 2 aromatic carbocycles. The van der Waals surface area contributed by atoms with Gasteiger partial charge in [-0.05, 0) is 50.1 Å². The van der Waals surface area contributed by atoms with Gasteiger partial charge in [-0.3, -0.25) is 4.79 Å². The van der Waals surface area contributed by atoms with Crippen LogP contribution in [0.1, 0.15) is 31.4 Å². The molecule has 3 nitrogen and oxygen atoms in total. The quantitative estimate of drug-likeness (QED) is 0.675. The molecule has 0 unspecified atom stereocenters. The highest BCUT2D eigenvalue weighted by Gasteiger charge is 2.13. The largest absolute Gasteiger partial charge is 0.346 e. The van der Waals surface area contributed by atoms with Crippen LogP contribution in [0.25, 0.3) is 11.3 Å². The standard InChI is InChI=1S/C20H19ClN2OS/c1-12-5-4-6-17(13(12)2)20(24)22-11-18-23-19(14(3)25-18)15-7-9-16(21)10-8-15/h4-10H,11H2,1-3H3,(H,22,24). The fourth-order valence-corrected chi connectivity index (χ4v) is 3.67. The van der Waals surface area contributed by atoms with E-state index < -0.39 is 0 Å². The minimum atomic E-state index is -0.0675. The molecular formula is C20H19ClN2OS. The smallest absolute Gasteiger partial charge is 0.251 e. The third-order valence-electron chi connectivity index (χ3n) is 4.21. The Hall–Kier alpha value is -2.17. The van der Waals surface area contributed by atoms with E-state index in [4.69, 9.17) is 11.6 Å². The summed E-state index contributed by atoms with van der Waals surface area (Å²) < 4.78 is 0. The van der Waals surface area contributed by atoms with Crippen molar-refractivity contribution in [3.8, 4) is 11.3 Å². The zero-order valence-electron chi connectivity index (χ0n) is 14.4. The van der Waals surface area contributed by atoms with Crippen molar-refractivity contribution in [2.24, 2.45) is 0 Å². The number of hydrogen-bond donors (Lipinski definition) is 1. The van der Waals surface area contributed by atoms with Gasteiger partial charge in [0.2, 0.25) is 0 Å². The van der Waals surface area contributed by atoms with E-state index in [-0.39, 0.29) is 5.91 Å². The first-order valence-electron chi connectivity index (χ1n) is 8.02. The summed E-state index contributed by atoms with van der Waals surface area (Å²) in [6.45, 7) is 6.44. The lowest BCUT2D eigenvalue weighted by Crippen LogP contribution is -2.23. The van der Waals surface area contributed by atoms with Crippen molar-refractivity contribution >= 4 is 28.8 Å². The highest BCUT2D eigenvalue weighted by atomic mass is 35.5. The number of aryl methyl sites for hydroxylation is 2. The van der Waals surface area contributed by atoms with Gasteiger partial charge in [-0.25, -0.2) is 4.98 Å². The van der Waals surface area contributed by atoms with E-state index >= 15 is 0 Å². The van der Waals surface area contributed by atoms with E-state index in [1.165, 1.54) is 0 Å². The Kier molecular flexibility index (Phi) is 5.21. The topological polar surface area (TPSA) is 42.0 Å². The Morgan fingerprint density at radius 2 is 1.84 bits per heavy atom. The fourth-order valence-electron chi connectivity index (χ4n) is 2.65. The summed E-state index contributed by atoms with van der Waals surface area (Å²) in [6, 6.07) is 13.4. The van der Waals surface area contributed by atoms with E-state index in [9.17, 15) is 4.79 Å². The minimum Gasteiger partial charge on any atom is -0.346 e. The highest BCUT2D eigenvalue weighted by molar-refractivity contribution is 7.12. The molecule has 1 heterocycles. The Morgan fingerprint density at radius 1 is 1.12 bits per heavy atom. The second kappa shape index (κ2) is 7.38. The molecule has 5 heteroatoms. The lowest BCUT2D eigenvalue weighted by molar-refractivity contribution is 0.0950. The number of nitrogens with zero attached hydrogens (tertiary/aromatic N) is 1. The molecule has 3 aromatic rings. The molecule has 0 atom stereocenters. The first-order chi connectivity index (χ1) is 12.0. The number of halogens is 1. The van der Waals surface area contributed by atoms with Gasteiger partial charge in [-0.15, -0.1) is 11.3 Å². The molecule has 1 amide bonds. The van der Waals surface area contributed by atoms with Crippen LogP contribution in [0.4, 0.5) is 0 Å². The van der Waals surface area contributed by atoms with Crippen LogP contribution in [-0.2, 0) is 6.54 Å². The average molecular weight is 371 g/mol. The van der Waals surface area contributed by atoms with Gasteiger partial charge >= 0.3 is 0 Å². The number of carbonyl (C=O) groups excluding carboxylic acids is 1. The molecule has 1 aromatic heterocycles. The van der Waals surface area contributed by atoms with E-state index in [0.717, 1.165) is 32.3 Å². The second-order valence-corrected chi connectivity index (χ2v) is 7.67. The molecule has 0 aliphatic carbocycles. The molecule has 128 valence electrons. The summed E-state index contributed by atoms with van der Waals surface area (Å²) in [4.78, 5) is 18.2. The molecule has 0 aliphatic rings. The number of thiazole rings is 1. The SMILES string of the molecule is Cc1cccc(C(=O)NCc2nc(-c3ccc(Cl)cc3)c(C)s2)c1C. The molecule has 0 radical (unpaired) electrons. The predicted molar refractivity (Wildman–Crippen MR) is 104 cm³/mol. The Morgan fingerprint density at radius 3 is 2.56 bits per heavy atom. The van der Waals surface area contributed by atoms with Gasteiger partial charge in [0.25, 0.3) is 5.91 Å². The third kappa shape index (κ3) is 3.91.